The van der Waals surface area contributed by atoms with Gasteiger partial charge in [0.2, 0.25) is 0 Å². The van der Waals surface area contributed by atoms with Crippen molar-refractivity contribution in [3.8, 4) is 0 Å². The first-order valence-electron chi connectivity index (χ1n) is 10.9. The number of aliphatic carboxylic acids is 1. The number of fused-ring (bicyclic) bond motifs is 1. The van der Waals surface area contributed by atoms with Crippen LogP contribution in [0.25, 0.3) is 0 Å². The van der Waals surface area contributed by atoms with Crippen molar-refractivity contribution in [3.05, 3.63) is 52.3 Å². The minimum Gasteiger partial charge on any atom is -0.480 e. The van der Waals surface area contributed by atoms with Gasteiger partial charge in [-0.15, -0.1) is 0 Å². The molecule has 0 spiro atoms. The standard InChI is InChI=1S/C24H31N3O4/c1-16-22(19-14-24(2,3)9-8-20(19)27(16)15-21(28)29)23(30)17-4-6-18(7-5-17)25-26-10-12-31-13-11-26/h4-7,25H,8-15H2,1-3H3,(H,28,29). The lowest BCUT2D eigenvalue weighted by atomic mass is 9.75. The molecule has 0 bridgehead atoms. The van der Waals surface area contributed by atoms with E-state index in [4.69, 9.17) is 4.74 Å². The Bertz CT molecular complexity index is 985. The van der Waals surface area contributed by atoms with E-state index >= 15 is 0 Å². The number of nitrogens with zero attached hydrogens (tertiary/aromatic N) is 2. The first-order valence-corrected chi connectivity index (χ1v) is 10.9. The fourth-order valence-electron chi connectivity index (χ4n) is 4.71. The van der Waals surface area contributed by atoms with Crippen LogP contribution >= 0.6 is 0 Å². The molecule has 7 heteroatoms. The van der Waals surface area contributed by atoms with E-state index in [9.17, 15) is 14.7 Å². The highest BCUT2D eigenvalue weighted by Crippen LogP contribution is 2.39. The Morgan fingerprint density at radius 2 is 1.84 bits per heavy atom. The Balaban J connectivity index is 1.63. The van der Waals surface area contributed by atoms with E-state index < -0.39 is 5.97 Å². The molecule has 1 aliphatic heterocycles. The minimum absolute atomic E-state index is 0.0338. The quantitative estimate of drug-likeness (QED) is 0.691. The summed E-state index contributed by atoms with van der Waals surface area (Å²) < 4.78 is 7.20. The Hall–Kier alpha value is -2.64. The Kier molecular flexibility index (Phi) is 5.90. The van der Waals surface area contributed by atoms with Gasteiger partial charge in [0, 0.05) is 41.3 Å². The van der Waals surface area contributed by atoms with Crippen LogP contribution in [0.1, 0.15) is 53.1 Å². The first kappa shape index (κ1) is 21.6. The summed E-state index contributed by atoms with van der Waals surface area (Å²) >= 11 is 0. The molecule has 1 fully saturated rings. The van der Waals surface area contributed by atoms with Crippen molar-refractivity contribution in [2.75, 3.05) is 31.7 Å². The Morgan fingerprint density at radius 1 is 1.16 bits per heavy atom. The van der Waals surface area contributed by atoms with Crippen molar-refractivity contribution in [1.29, 1.82) is 0 Å². The summed E-state index contributed by atoms with van der Waals surface area (Å²) in [4.78, 5) is 25.0. The number of hydrogen-bond donors (Lipinski definition) is 2. The summed E-state index contributed by atoms with van der Waals surface area (Å²) in [5.74, 6) is -0.920. The number of benzene rings is 1. The maximum Gasteiger partial charge on any atom is 0.323 e. The van der Waals surface area contributed by atoms with Crippen molar-refractivity contribution in [2.24, 2.45) is 5.41 Å². The number of hydrogen-bond acceptors (Lipinski definition) is 5. The molecule has 166 valence electrons. The lowest BCUT2D eigenvalue weighted by molar-refractivity contribution is -0.137. The molecule has 1 aromatic heterocycles. The molecule has 0 unspecified atom stereocenters. The molecule has 0 atom stereocenters. The van der Waals surface area contributed by atoms with Gasteiger partial charge in [-0.2, -0.15) is 0 Å². The van der Waals surface area contributed by atoms with Crippen LogP contribution in [-0.4, -0.2) is 52.7 Å². The van der Waals surface area contributed by atoms with Crippen molar-refractivity contribution in [2.45, 2.75) is 46.6 Å². The fraction of sp³-hybridized carbons (Fsp3) is 0.500. The monoisotopic (exact) mass is 425 g/mol. The molecule has 7 nitrogen and oxygen atoms in total. The van der Waals surface area contributed by atoms with Gasteiger partial charge in [-0.1, -0.05) is 13.8 Å². The second-order valence-corrected chi connectivity index (χ2v) is 9.32. The second-order valence-electron chi connectivity index (χ2n) is 9.32. The summed E-state index contributed by atoms with van der Waals surface area (Å²) in [5, 5.41) is 11.5. The lowest BCUT2D eigenvalue weighted by Gasteiger charge is -2.30. The number of ketones is 1. The molecule has 2 heterocycles. The van der Waals surface area contributed by atoms with Gasteiger partial charge in [-0.05, 0) is 61.4 Å². The molecule has 1 aliphatic carbocycles. The third-order valence-corrected chi connectivity index (χ3v) is 6.40. The van der Waals surface area contributed by atoms with Crippen LogP contribution in [0.4, 0.5) is 5.69 Å². The van der Waals surface area contributed by atoms with E-state index in [1.165, 1.54) is 0 Å². The predicted molar refractivity (Wildman–Crippen MR) is 119 cm³/mol. The number of rotatable bonds is 6. The van der Waals surface area contributed by atoms with Gasteiger partial charge in [0.1, 0.15) is 6.54 Å². The molecule has 0 radical (unpaired) electrons. The molecule has 4 rings (SSSR count). The van der Waals surface area contributed by atoms with E-state index in [2.05, 4.69) is 24.3 Å². The highest BCUT2D eigenvalue weighted by molar-refractivity contribution is 6.11. The summed E-state index contributed by atoms with van der Waals surface area (Å²) in [6.07, 6.45) is 2.57. The molecule has 1 saturated heterocycles. The third-order valence-electron chi connectivity index (χ3n) is 6.40. The number of carboxylic acid groups (broad SMARTS) is 1. The van der Waals surface area contributed by atoms with E-state index in [0.29, 0.717) is 24.3 Å². The van der Waals surface area contributed by atoms with Gasteiger partial charge in [-0.25, -0.2) is 5.01 Å². The topological polar surface area (TPSA) is 83.8 Å². The van der Waals surface area contributed by atoms with Gasteiger partial charge < -0.3 is 19.8 Å². The largest absolute Gasteiger partial charge is 0.480 e. The molecule has 0 amide bonds. The third kappa shape index (κ3) is 4.52. The smallest absolute Gasteiger partial charge is 0.323 e. The molecule has 1 aromatic carbocycles. The van der Waals surface area contributed by atoms with E-state index in [0.717, 1.165) is 55.0 Å². The number of ether oxygens (including phenoxy) is 1. The van der Waals surface area contributed by atoms with E-state index in [1.54, 1.807) is 0 Å². The molecular formula is C24H31N3O4. The first-order chi connectivity index (χ1) is 14.7. The van der Waals surface area contributed by atoms with E-state index in [-0.39, 0.29) is 17.7 Å². The van der Waals surface area contributed by atoms with Crippen molar-refractivity contribution >= 4 is 17.4 Å². The van der Waals surface area contributed by atoms with Crippen LogP contribution in [0.5, 0.6) is 0 Å². The predicted octanol–water partition coefficient (Wildman–Crippen LogP) is 3.29. The molecule has 0 saturated carbocycles. The summed E-state index contributed by atoms with van der Waals surface area (Å²) in [6, 6.07) is 7.53. The number of carbonyl (C=O) groups is 2. The van der Waals surface area contributed by atoms with Crippen LogP contribution in [0, 0.1) is 12.3 Å². The minimum atomic E-state index is -0.886. The average Bonchev–Trinajstić information content (AvgIpc) is 2.98. The molecule has 31 heavy (non-hydrogen) atoms. The SMILES string of the molecule is Cc1c(C(=O)c2ccc(NN3CCOCC3)cc2)c2c(n1CC(=O)O)CCC(C)(C)C2. The summed E-state index contributed by atoms with van der Waals surface area (Å²) in [5.41, 5.74) is 8.47. The highest BCUT2D eigenvalue weighted by atomic mass is 16.5. The maximum atomic E-state index is 13.5. The maximum absolute atomic E-state index is 13.5. The zero-order valence-electron chi connectivity index (χ0n) is 18.5. The van der Waals surface area contributed by atoms with Gasteiger partial charge in [-0.3, -0.25) is 9.59 Å². The zero-order valence-corrected chi connectivity index (χ0v) is 18.5. The van der Waals surface area contributed by atoms with Crippen molar-refractivity contribution in [1.82, 2.24) is 9.58 Å². The van der Waals surface area contributed by atoms with Gasteiger partial charge in [0.05, 0.1) is 13.2 Å². The van der Waals surface area contributed by atoms with Crippen LogP contribution < -0.4 is 5.43 Å². The average molecular weight is 426 g/mol. The van der Waals surface area contributed by atoms with Gasteiger partial charge >= 0.3 is 5.97 Å². The van der Waals surface area contributed by atoms with Crippen LogP contribution in [0.2, 0.25) is 0 Å². The molecule has 2 N–H and O–H groups in total. The number of carboxylic acids is 1. The van der Waals surface area contributed by atoms with Crippen LogP contribution in [0.3, 0.4) is 0 Å². The number of anilines is 1. The zero-order chi connectivity index (χ0) is 22.2. The number of carbonyl (C=O) groups excluding carboxylic acids is 1. The molecule has 2 aliphatic rings. The van der Waals surface area contributed by atoms with Crippen LogP contribution in [0.15, 0.2) is 24.3 Å². The highest BCUT2D eigenvalue weighted by Gasteiger charge is 2.34. The second kappa shape index (κ2) is 8.48. The number of morpholine rings is 1. The van der Waals surface area contributed by atoms with Crippen LogP contribution in [-0.2, 0) is 28.9 Å². The lowest BCUT2D eigenvalue weighted by Crippen LogP contribution is -2.40. The summed E-state index contributed by atoms with van der Waals surface area (Å²) in [6.45, 7) is 9.23. The van der Waals surface area contributed by atoms with Crippen molar-refractivity contribution < 1.29 is 19.4 Å². The molecular weight excluding hydrogens is 394 g/mol. The summed E-state index contributed by atoms with van der Waals surface area (Å²) in [7, 11) is 0. The number of nitrogens with one attached hydrogen (secondary N) is 1. The fourth-order valence-corrected chi connectivity index (χ4v) is 4.71. The Labute approximate surface area is 183 Å². The van der Waals surface area contributed by atoms with Crippen molar-refractivity contribution in [3.63, 3.8) is 0 Å². The van der Waals surface area contributed by atoms with E-state index in [1.807, 2.05) is 35.8 Å². The molecule has 2 aromatic rings. The van der Waals surface area contributed by atoms with Gasteiger partial charge in [0.15, 0.2) is 5.78 Å². The normalized spacial score (nSPS) is 18.4. The van der Waals surface area contributed by atoms with Gasteiger partial charge in [0.25, 0.3) is 0 Å². The number of hydrazine groups is 1. The number of aromatic nitrogens is 1. The Morgan fingerprint density at radius 3 is 2.48 bits per heavy atom.